The number of hydrogen-bond donors (Lipinski definition) is 5. The van der Waals surface area contributed by atoms with Crippen molar-refractivity contribution >= 4 is 13.5 Å². The van der Waals surface area contributed by atoms with E-state index in [9.17, 15) is 28.4 Å². The Labute approximate surface area is 226 Å². The molecule has 220 valence electrons. The number of halogens is 2. The van der Waals surface area contributed by atoms with E-state index in [4.69, 9.17) is 9.79 Å². The lowest BCUT2D eigenvalue weighted by Gasteiger charge is -2.33. The summed E-state index contributed by atoms with van der Waals surface area (Å²) in [6.07, 6.45) is 12.6. The van der Waals surface area contributed by atoms with Crippen molar-refractivity contribution in [2.24, 2.45) is 0 Å². The summed E-state index contributed by atoms with van der Waals surface area (Å²) in [5.41, 5.74) is -4.74. The van der Waals surface area contributed by atoms with Crippen molar-refractivity contribution in [1.29, 1.82) is 0 Å². The molecule has 0 fully saturated rings. The largest absolute Gasteiger partial charge is 0.397 e. The van der Waals surface area contributed by atoms with Crippen LogP contribution in [0.5, 0.6) is 0 Å². The smallest absolute Gasteiger partial charge is 0.386 e. The quantitative estimate of drug-likeness (QED) is 0.0799. The highest BCUT2D eigenvalue weighted by molar-refractivity contribution is 7.53. The van der Waals surface area contributed by atoms with Crippen molar-refractivity contribution < 1.29 is 38.1 Å². The fourth-order valence-corrected chi connectivity index (χ4v) is 5.00. The normalized spacial score (nSPS) is 14.7. The third kappa shape index (κ3) is 13.1. The van der Waals surface area contributed by atoms with Gasteiger partial charge in [-0.05, 0) is 12.0 Å². The Morgan fingerprint density at radius 2 is 1.24 bits per heavy atom. The van der Waals surface area contributed by atoms with Gasteiger partial charge in [-0.25, -0.2) is 0 Å². The molecule has 3 atom stereocenters. The van der Waals surface area contributed by atoms with Gasteiger partial charge in [0.15, 0.2) is 6.10 Å². The fraction of sp³-hybridized carbons (Fsp3) is 0.750. The van der Waals surface area contributed by atoms with E-state index in [-0.39, 0.29) is 12.0 Å². The molecule has 1 aromatic rings. The first-order valence-electron chi connectivity index (χ1n) is 14.2. The third-order valence-corrected chi connectivity index (χ3v) is 7.94. The number of carbonyl (C=O) groups is 1. The minimum atomic E-state index is -6.05. The van der Waals surface area contributed by atoms with Crippen LogP contribution in [-0.4, -0.2) is 43.7 Å². The average Bonchev–Trinajstić information content (AvgIpc) is 2.88. The molecule has 0 saturated carbocycles. The number of carbonyl (C=O) groups excluding carboxylic acids is 1. The van der Waals surface area contributed by atoms with Crippen molar-refractivity contribution in [2.45, 2.75) is 134 Å². The molecule has 38 heavy (non-hydrogen) atoms. The molecule has 0 aliphatic heterocycles. The van der Waals surface area contributed by atoms with Crippen LogP contribution in [0.4, 0.5) is 8.78 Å². The van der Waals surface area contributed by atoms with Gasteiger partial charge in [0.05, 0.1) is 6.04 Å². The predicted octanol–water partition coefficient (Wildman–Crippen LogP) is 6.60. The molecule has 0 spiro atoms. The van der Waals surface area contributed by atoms with Gasteiger partial charge in [-0.1, -0.05) is 127 Å². The maximum absolute atomic E-state index is 14.2. The number of alkyl halides is 2. The Balaban J connectivity index is 2.36. The number of amides is 1. The maximum atomic E-state index is 14.2. The molecule has 0 aromatic heterocycles. The second-order valence-corrected chi connectivity index (χ2v) is 11.9. The molecule has 0 radical (unpaired) electrons. The van der Waals surface area contributed by atoms with Crippen LogP contribution in [0.15, 0.2) is 30.3 Å². The van der Waals surface area contributed by atoms with E-state index in [1.54, 1.807) is 6.07 Å². The van der Waals surface area contributed by atoms with E-state index in [1.165, 1.54) is 88.5 Å². The van der Waals surface area contributed by atoms with Crippen molar-refractivity contribution in [3.05, 3.63) is 35.9 Å². The molecular formula is C28H48F2NO6P. The van der Waals surface area contributed by atoms with Gasteiger partial charge in [-0.3, -0.25) is 9.36 Å². The SMILES string of the molecule is CCCCCCCCCCCCCCCCCC(=O)N[C@H](C(O)c1ccccc1)C(O)C(F)(F)P(=O)(O)O. The summed E-state index contributed by atoms with van der Waals surface area (Å²) in [6.45, 7) is 2.23. The minimum absolute atomic E-state index is 0.00946. The standard InChI is InChI=1S/C28H48F2NO6P/c1-2-3-4-5-6-7-8-9-10-11-12-13-14-15-19-22-24(32)31-25(26(33)23-20-17-16-18-21-23)27(34)28(29,30)38(35,36)37/h16-18,20-21,25-27,33-34H,2-15,19,22H2,1H3,(H,31,32)(H2,35,36,37)/t25-,26?,27?/m1/s1. The Hall–Kier alpha value is -1.38. The molecule has 0 aliphatic rings. The second-order valence-electron chi connectivity index (χ2n) is 10.2. The summed E-state index contributed by atoms with van der Waals surface area (Å²) in [6, 6.07) is 5.48. The van der Waals surface area contributed by atoms with Gasteiger partial charge in [0.25, 0.3) is 0 Å². The first-order valence-corrected chi connectivity index (χ1v) is 15.8. The Kier molecular flexibility index (Phi) is 17.2. The Bertz CT molecular complexity index is 808. The van der Waals surface area contributed by atoms with Crippen molar-refractivity contribution in [2.75, 3.05) is 0 Å². The van der Waals surface area contributed by atoms with Crippen molar-refractivity contribution in [1.82, 2.24) is 5.32 Å². The summed E-state index contributed by atoms with van der Waals surface area (Å²) in [5, 5.41) is 22.9. The zero-order chi connectivity index (χ0) is 28.4. The topological polar surface area (TPSA) is 127 Å². The van der Waals surface area contributed by atoms with Crippen LogP contribution >= 0.6 is 7.60 Å². The van der Waals surface area contributed by atoms with Gasteiger partial charge in [-0.15, -0.1) is 0 Å². The maximum Gasteiger partial charge on any atom is 0.397 e. The lowest BCUT2D eigenvalue weighted by atomic mass is 9.97. The molecule has 0 aliphatic carbocycles. The first kappa shape index (κ1) is 34.6. The number of unbranched alkanes of at least 4 members (excludes halogenated alkanes) is 14. The van der Waals surface area contributed by atoms with Crippen molar-refractivity contribution in [3.63, 3.8) is 0 Å². The Morgan fingerprint density at radius 3 is 1.66 bits per heavy atom. The van der Waals surface area contributed by atoms with Crippen LogP contribution in [0, 0.1) is 0 Å². The van der Waals surface area contributed by atoms with Crippen molar-refractivity contribution in [3.8, 4) is 0 Å². The van der Waals surface area contributed by atoms with E-state index < -0.39 is 37.4 Å². The lowest BCUT2D eigenvalue weighted by Crippen LogP contribution is -2.54. The first-order chi connectivity index (χ1) is 18.0. The number of benzene rings is 1. The minimum Gasteiger partial charge on any atom is -0.386 e. The van der Waals surface area contributed by atoms with E-state index in [0.29, 0.717) is 6.42 Å². The number of rotatable bonds is 22. The Morgan fingerprint density at radius 1 is 0.816 bits per heavy atom. The number of aliphatic hydroxyl groups is 2. The van der Waals surface area contributed by atoms with E-state index >= 15 is 0 Å². The number of nitrogens with one attached hydrogen (secondary N) is 1. The monoisotopic (exact) mass is 563 g/mol. The van der Waals surface area contributed by atoms with Gasteiger partial charge < -0.3 is 25.3 Å². The van der Waals surface area contributed by atoms with E-state index in [1.807, 2.05) is 0 Å². The molecule has 0 saturated heterocycles. The van der Waals surface area contributed by atoms with Gasteiger partial charge >= 0.3 is 13.3 Å². The predicted molar refractivity (Wildman–Crippen MR) is 146 cm³/mol. The zero-order valence-corrected chi connectivity index (χ0v) is 23.6. The fourth-order valence-electron chi connectivity index (χ4n) is 4.49. The highest BCUT2D eigenvalue weighted by atomic mass is 31.2. The van der Waals surface area contributed by atoms with Crippen LogP contribution in [-0.2, 0) is 9.36 Å². The third-order valence-electron chi connectivity index (χ3n) is 6.90. The van der Waals surface area contributed by atoms with Gasteiger partial charge in [0.2, 0.25) is 5.91 Å². The molecule has 7 nitrogen and oxygen atoms in total. The second kappa shape index (κ2) is 18.8. The average molecular weight is 564 g/mol. The molecule has 2 unspecified atom stereocenters. The van der Waals surface area contributed by atoms with Crippen LogP contribution in [0.25, 0.3) is 0 Å². The highest BCUT2D eigenvalue weighted by Gasteiger charge is 2.58. The van der Waals surface area contributed by atoms with Gasteiger partial charge in [0.1, 0.15) is 6.10 Å². The molecule has 0 bridgehead atoms. The summed E-state index contributed by atoms with van der Waals surface area (Å²) in [7, 11) is -6.05. The van der Waals surface area contributed by atoms with Gasteiger partial charge in [-0.2, -0.15) is 8.78 Å². The van der Waals surface area contributed by atoms with Crippen LogP contribution < -0.4 is 5.32 Å². The molecule has 1 rings (SSSR count). The summed E-state index contributed by atoms with van der Waals surface area (Å²) >= 11 is 0. The molecule has 0 heterocycles. The number of hydrogen-bond acceptors (Lipinski definition) is 4. The molecular weight excluding hydrogens is 515 g/mol. The summed E-state index contributed by atoms with van der Waals surface area (Å²) in [5.74, 6) is -0.680. The van der Waals surface area contributed by atoms with Gasteiger partial charge in [0, 0.05) is 6.42 Å². The van der Waals surface area contributed by atoms with Crippen LogP contribution in [0.1, 0.15) is 121 Å². The van der Waals surface area contributed by atoms with Crippen LogP contribution in [0.2, 0.25) is 0 Å². The van der Waals surface area contributed by atoms with E-state index in [0.717, 1.165) is 25.7 Å². The highest BCUT2D eigenvalue weighted by Crippen LogP contribution is 2.55. The lowest BCUT2D eigenvalue weighted by molar-refractivity contribution is -0.130. The summed E-state index contributed by atoms with van der Waals surface area (Å²) in [4.78, 5) is 30.5. The summed E-state index contributed by atoms with van der Waals surface area (Å²) < 4.78 is 39.7. The molecule has 1 amide bonds. The molecule has 1 aromatic carbocycles. The molecule has 10 heteroatoms. The zero-order valence-electron chi connectivity index (χ0n) is 22.7. The van der Waals surface area contributed by atoms with Crippen LogP contribution in [0.3, 0.4) is 0 Å². The van der Waals surface area contributed by atoms with E-state index in [2.05, 4.69) is 12.2 Å². The molecule has 5 N–H and O–H groups in total. The number of aliphatic hydroxyl groups excluding tert-OH is 2.